The fourth-order valence-electron chi connectivity index (χ4n) is 2.84. The fraction of sp³-hybridized carbons (Fsp3) is 0.143. The average molecular weight is 332 g/mol. The molecule has 25 heavy (non-hydrogen) atoms. The first-order valence-corrected chi connectivity index (χ1v) is 8.17. The molecule has 0 aliphatic heterocycles. The van der Waals surface area contributed by atoms with Crippen LogP contribution in [0.2, 0.25) is 0 Å². The van der Waals surface area contributed by atoms with Crippen molar-refractivity contribution >= 4 is 5.91 Å². The van der Waals surface area contributed by atoms with Crippen molar-refractivity contribution in [2.45, 2.75) is 20.4 Å². The molecule has 1 heterocycles. The number of rotatable bonds is 4. The molecule has 1 aromatic heterocycles. The minimum absolute atomic E-state index is 0.157. The predicted octanol–water partition coefficient (Wildman–Crippen LogP) is 3.59. The Morgan fingerprint density at radius 3 is 2.40 bits per heavy atom. The number of amides is 1. The van der Waals surface area contributed by atoms with E-state index >= 15 is 0 Å². The van der Waals surface area contributed by atoms with Crippen molar-refractivity contribution in [3.63, 3.8) is 0 Å². The summed E-state index contributed by atoms with van der Waals surface area (Å²) in [6.07, 6.45) is 0. The molecule has 1 amide bonds. The summed E-state index contributed by atoms with van der Waals surface area (Å²) in [6, 6.07) is 19.3. The minimum atomic E-state index is -0.197. The van der Waals surface area contributed by atoms with Gasteiger partial charge in [-0.1, -0.05) is 42.5 Å². The van der Waals surface area contributed by atoms with Crippen LogP contribution in [0.3, 0.4) is 0 Å². The molecule has 2 aromatic carbocycles. The number of aryl methyl sites for hydroxylation is 2. The highest BCUT2D eigenvalue weighted by Crippen LogP contribution is 2.20. The molecular formula is C21H20N2O2. The van der Waals surface area contributed by atoms with Crippen LogP contribution >= 0.6 is 0 Å². The third-order valence-electron chi connectivity index (χ3n) is 4.15. The molecule has 0 aliphatic rings. The van der Waals surface area contributed by atoms with E-state index in [0.717, 1.165) is 22.4 Å². The Morgan fingerprint density at radius 1 is 0.960 bits per heavy atom. The molecule has 3 rings (SSSR count). The third kappa shape index (κ3) is 3.86. The van der Waals surface area contributed by atoms with E-state index in [1.54, 1.807) is 6.07 Å². The number of carbonyl (C=O) groups excluding carboxylic acids is 1. The topological polar surface area (TPSA) is 62.0 Å². The van der Waals surface area contributed by atoms with Crippen LogP contribution in [0.4, 0.5) is 0 Å². The number of nitrogens with one attached hydrogen (secondary N) is 2. The molecule has 3 aromatic rings. The molecule has 0 saturated carbocycles. The van der Waals surface area contributed by atoms with Crippen LogP contribution in [0.15, 0.2) is 65.5 Å². The van der Waals surface area contributed by atoms with E-state index < -0.39 is 0 Å². The first-order valence-electron chi connectivity index (χ1n) is 8.17. The predicted molar refractivity (Wildman–Crippen MR) is 99.6 cm³/mol. The van der Waals surface area contributed by atoms with Gasteiger partial charge < -0.3 is 10.3 Å². The Balaban J connectivity index is 1.78. The van der Waals surface area contributed by atoms with Crippen molar-refractivity contribution in [1.82, 2.24) is 10.3 Å². The molecule has 0 fully saturated rings. The zero-order chi connectivity index (χ0) is 17.8. The Labute approximate surface area is 146 Å². The Bertz CT molecular complexity index is 959. The Morgan fingerprint density at radius 2 is 1.68 bits per heavy atom. The molecule has 0 aliphatic carbocycles. The number of hydrogen-bond acceptors (Lipinski definition) is 2. The van der Waals surface area contributed by atoms with Gasteiger partial charge in [0, 0.05) is 23.4 Å². The second-order valence-electron chi connectivity index (χ2n) is 6.07. The van der Waals surface area contributed by atoms with Crippen molar-refractivity contribution in [3.8, 4) is 11.1 Å². The molecule has 0 spiro atoms. The molecule has 4 nitrogen and oxygen atoms in total. The summed E-state index contributed by atoms with van der Waals surface area (Å²) < 4.78 is 0. The molecular weight excluding hydrogens is 312 g/mol. The van der Waals surface area contributed by atoms with Gasteiger partial charge in [0.15, 0.2) is 0 Å². The zero-order valence-electron chi connectivity index (χ0n) is 14.3. The number of benzene rings is 2. The third-order valence-corrected chi connectivity index (χ3v) is 4.15. The standard InChI is InChI=1S/C21H20N2O2/c1-14-11-15(2)23-21(25)19(14)13-22-20(24)18-10-6-9-17(12-18)16-7-4-3-5-8-16/h3-12H,13H2,1-2H3,(H,22,24)(H,23,25). The maximum atomic E-state index is 12.5. The van der Waals surface area contributed by atoms with Gasteiger partial charge in [-0.3, -0.25) is 9.59 Å². The van der Waals surface area contributed by atoms with Crippen molar-refractivity contribution in [2.75, 3.05) is 0 Å². The maximum absolute atomic E-state index is 12.5. The van der Waals surface area contributed by atoms with Gasteiger partial charge in [0.1, 0.15) is 0 Å². The van der Waals surface area contributed by atoms with E-state index in [4.69, 9.17) is 0 Å². The number of aromatic amines is 1. The number of carbonyl (C=O) groups is 1. The largest absolute Gasteiger partial charge is 0.348 e. The van der Waals surface area contributed by atoms with Crippen molar-refractivity contribution < 1.29 is 4.79 Å². The molecule has 126 valence electrons. The lowest BCUT2D eigenvalue weighted by atomic mass is 10.0. The fourth-order valence-corrected chi connectivity index (χ4v) is 2.84. The van der Waals surface area contributed by atoms with Crippen LogP contribution in [0.25, 0.3) is 11.1 Å². The van der Waals surface area contributed by atoms with Crippen LogP contribution in [0.1, 0.15) is 27.2 Å². The summed E-state index contributed by atoms with van der Waals surface area (Å²) in [7, 11) is 0. The van der Waals surface area contributed by atoms with Crippen molar-refractivity contribution in [2.24, 2.45) is 0 Å². The van der Waals surface area contributed by atoms with Gasteiger partial charge >= 0.3 is 0 Å². The lowest BCUT2D eigenvalue weighted by molar-refractivity contribution is 0.0951. The number of aromatic nitrogens is 1. The second-order valence-corrected chi connectivity index (χ2v) is 6.07. The van der Waals surface area contributed by atoms with Crippen LogP contribution in [-0.4, -0.2) is 10.9 Å². The van der Waals surface area contributed by atoms with Gasteiger partial charge in [-0.15, -0.1) is 0 Å². The molecule has 0 atom stereocenters. The normalized spacial score (nSPS) is 10.5. The quantitative estimate of drug-likeness (QED) is 0.767. The summed E-state index contributed by atoms with van der Waals surface area (Å²) in [4.78, 5) is 27.3. The lowest BCUT2D eigenvalue weighted by Crippen LogP contribution is -2.27. The minimum Gasteiger partial charge on any atom is -0.348 e. The lowest BCUT2D eigenvalue weighted by Gasteiger charge is -2.09. The van der Waals surface area contributed by atoms with Crippen molar-refractivity contribution in [1.29, 1.82) is 0 Å². The maximum Gasteiger partial charge on any atom is 0.253 e. The van der Waals surface area contributed by atoms with Crippen molar-refractivity contribution in [3.05, 3.63) is 93.4 Å². The van der Waals surface area contributed by atoms with Crippen LogP contribution in [0, 0.1) is 13.8 Å². The van der Waals surface area contributed by atoms with Crippen LogP contribution in [0.5, 0.6) is 0 Å². The Kier molecular flexibility index (Phi) is 4.80. The number of hydrogen-bond donors (Lipinski definition) is 2. The molecule has 0 radical (unpaired) electrons. The monoisotopic (exact) mass is 332 g/mol. The highest BCUT2D eigenvalue weighted by atomic mass is 16.1. The summed E-state index contributed by atoms with van der Waals surface area (Å²) in [5, 5.41) is 2.84. The summed E-state index contributed by atoms with van der Waals surface area (Å²) in [5.41, 5.74) is 4.73. The van der Waals surface area contributed by atoms with Gasteiger partial charge in [0.25, 0.3) is 11.5 Å². The molecule has 0 unspecified atom stereocenters. The van der Waals surface area contributed by atoms with E-state index in [0.29, 0.717) is 11.1 Å². The van der Waals surface area contributed by atoms with Gasteiger partial charge in [-0.05, 0) is 48.7 Å². The van der Waals surface area contributed by atoms with E-state index in [9.17, 15) is 9.59 Å². The second kappa shape index (κ2) is 7.18. The molecule has 4 heteroatoms. The van der Waals surface area contributed by atoms with Gasteiger partial charge in [0.05, 0.1) is 0 Å². The van der Waals surface area contributed by atoms with Gasteiger partial charge in [-0.2, -0.15) is 0 Å². The van der Waals surface area contributed by atoms with Crippen LogP contribution < -0.4 is 10.9 Å². The zero-order valence-corrected chi connectivity index (χ0v) is 14.3. The van der Waals surface area contributed by atoms with Gasteiger partial charge in [0.2, 0.25) is 0 Å². The summed E-state index contributed by atoms with van der Waals surface area (Å²) in [6.45, 7) is 3.92. The highest BCUT2D eigenvalue weighted by Gasteiger charge is 2.10. The molecule has 2 N–H and O–H groups in total. The number of H-pyrrole nitrogens is 1. The van der Waals surface area contributed by atoms with E-state index in [-0.39, 0.29) is 18.0 Å². The average Bonchev–Trinajstić information content (AvgIpc) is 2.61. The summed E-state index contributed by atoms with van der Waals surface area (Å²) >= 11 is 0. The molecule has 0 saturated heterocycles. The number of pyridine rings is 1. The van der Waals surface area contributed by atoms with E-state index in [1.165, 1.54) is 0 Å². The van der Waals surface area contributed by atoms with Gasteiger partial charge in [-0.25, -0.2) is 0 Å². The highest BCUT2D eigenvalue weighted by molar-refractivity contribution is 5.95. The molecule has 0 bridgehead atoms. The van der Waals surface area contributed by atoms with E-state index in [2.05, 4.69) is 10.3 Å². The SMILES string of the molecule is Cc1cc(C)c(CNC(=O)c2cccc(-c3ccccc3)c2)c(=O)[nH]1. The summed E-state index contributed by atoms with van der Waals surface area (Å²) in [5.74, 6) is -0.197. The Hall–Kier alpha value is -3.14. The first kappa shape index (κ1) is 16.7. The van der Waals surface area contributed by atoms with E-state index in [1.807, 2.05) is 68.4 Å². The first-order chi connectivity index (χ1) is 12.0. The van der Waals surface area contributed by atoms with Crippen LogP contribution in [-0.2, 0) is 6.54 Å². The smallest absolute Gasteiger partial charge is 0.253 e.